The van der Waals surface area contributed by atoms with Crippen LogP contribution < -0.4 is 4.72 Å². The van der Waals surface area contributed by atoms with Crippen LogP contribution in [0.25, 0.3) is 0 Å². The number of rotatable bonds is 12. The average Bonchev–Trinajstić information content (AvgIpc) is 2.67. The van der Waals surface area contributed by atoms with E-state index in [2.05, 4.69) is 18.6 Å². The molecule has 0 spiro atoms. The first kappa shape index (κ1) is 24.4. The van der Waals surface area contributed by atoms with Gasteiger partial charge in [-0.15, -0.1) is 0 Å². The molecule has 5 nitrogen and oxygen atoms in total. The van der Waals surface area contributed by atoms with Gasteiger partial charge in [0.15, 0.2) is 0 Å². The zero-order valence-corrected chi connectivity index (χ0v) is 19.0. The summed E-state index contributed by atoms with van der Waals surface area (Å²) in [6, 6.07) is 13.6. The standard InChI is InChI=1S/C23H30ClNO4S/c1-17(2)5-3-7-22(25-30(28,29)21-15-13-20(24)14-16-21)19-11-9-18(10-12-19)6-4-8-23(26)27/h9-17,22,25H,3-8H2,1-2H3,(H,26,27). The first-order valence-electron chi connectivity index (χ1n) is 10.3. The van der Waals surface area contributed by atoms with E-state index in [1.54, 1.807) is 12.1 Å². The Labute approximate surface area is 184 Å². The molecule has 0 aromatic heterocycles. The Morgan fingerprint density at radius 3 is 2.20 bits per heavy atom. The lowest BCUT2D eigenvalue weighted by molar-refractivity contribution is -0.137. The van der Waals surface area contributed by atoms with E-state index >= 15 is 0 Å². The van der Waals surface area contributed by atoms with Crippen LogP contribution in [0.3, 0.4) is 0 Å². The second-order valence-electron chi connectivity index (χ2n) is 7.94. The molecule has 2 aromatic rings. The molecule has 0 bridgehead atoms. The lowest BCUT2D eigenvalue weighted by Gasteiger charge is -2.20. The number of hydrogen-bond donors (Lipinski definition) is 2. The van der Waals surface area contributed by atoms with Crippen LogP contribution in [0.2, 0.25) is 5.02 Å². The van der Waals surface area contributed by atoms with Gasteiger partial charge in [-0.25, -0.2) is 13.1 Å². The number of sulfonamides is 1. The highest BCUT2D eigenvalue weighted by Gasteiger charge is 2.21. The number of benzene rings is 2. The van der Waals surface area contributed by atoms with Gasteiger partial charge in [0.2, 0.25) is 10.0 Å². The third-order valence-electron chi connectivity index (χ3n) is 4.93. The summed E-state index contributed by atoms with van der Waals surface area (Å²) in [6.45, 7) is 4.30. The number of carboxylic acids is 1. The maximum atomic E-state index is 12.9. The van der Waals surface area contributed by atoms with Crippen molar-refractivity contribution in [2.24, 2.45) is 5.92 Å². The van der Waals surface area contributed by atoms with Crippen molar-refractivity contribution in [3.8, 4) is 0 Å². The fourth-order valence-electron chi connectivity index (χ4n) is 3.25. The lowest BCUT2D eigenvalue weighted by Crippen LogP contribution is -2.28. The molecule has 0 saturated carbocycles. The molecule has 0 aliphatic rings. The summed E-state index contributed by atoms with van der Waals surface area (Å²) in [6.07, 6.45) is 4.03. The van der Waals surface area contributed by atoms with E-state index in [0.29, 0.717) is 30.2 Å². The first-order valence-corrected chi connectivity index (χ1v) is 12.1. The van der Waals surface area contributed by atoms with Gasteiger partial charge >= 0.3 is 5.97 Å². The number of nitrogens with one attached hydrogen (secondary N) is 1. The van der Waals surface area contributed by atoms with E-state index in [4.69, 9.17) is 16.7 Å². The van der Waals surface area contributed by atoms with Crippen molar-refractivity contribution >= 4 is 27.6 Å². The number of carboxylic acid groups (broad SMARTS) is 1. The van der Waals surface area contributed by atoms with E-state index in [-0.39, 0.29) is 17.4 Å². The minimum atomic E-state index is -3.68. The molecule has 0 amide bonds. The number of aryl methyl sites for hydroxylation is 1. The summed E-state index contributed by atoms with van der Waals surface area (Å²) in [4.78, 5) is 10.9. The largest absolute Gasteiger partial charge is 0.481 e. The van der Waals surface area contributed by atoms with Crippen LogP contribution in [0.5, 0.6) is 0 Å². The second kappa shape index (κ2) is 11.5. The molecule has 0 radical (unpaired) electrons. The number of halogens is 1. The Balaban J connectivity index is 2.15. The fraction of sp³-hybridized carbons (Fsp3) is 0.435. The Morgan fingerprint density at radius 2 is 1.63 bits per heavy atom. The summed E-state index contributed by atoms with van der Waals surface area (Å²) in [5.41, 5.74) is 1.94. The molecule has 2 aromatic carbocycles. The molecule has 2 N–H and O–H groups in total. The highest BCUT2D eigenvalue weighted by Crippen LogP contribution is 2.25. The second-order valence-corrected chi connectivity index (χ2v) is 10.1. The van der Waals surface area contributed by atoms with Crippen LogP contribution in [-0.2, 0) is 21.2 Å². The molecule has 7 heteroatoms. The van der Waals surface area contributed by atoms with Crippen molar-refractivity contribution in [1.82, 2.24) is 4.72 Å². The summed E-state index contributed by atoms with van der Waals surface area (Å²) in [5, 5.41) is 9.26. The number of hydrogen-bond acceptors (Lipinski definition) is 3. The molecule has 2 rings (SSSR count). The molecule has 0 aliphatic carbocycles. The van der Waals surface area contributed by atoms with E-state index in [1.165, 1.54) is 12.1 Å². The fourth-order valence-corrected chi connectivity index (χ4v) is 4.64. The molecule has 0 fully saturated rings. The molecule has 0 saturated heterocycles. The third kappa shape index (κ3) is 8.09. The topological polar surface area (TPSA) is 83.5 Å². The molecule has 0 aliphatic heterocycles. The summed E-state index contributed by atoms with van der Waals surface area (Å²) in [7, 11) is -3.68. The molecule has 0 heterocycles. The van der Waals surface area contributed by atoms with Crippen molar-refractivity contribution in [2.75, 3.05) is 0 Å². The maximum absolute atomic E-state index is 12.9. The summed E-state index contributed by atoms with van der Waals surface area (Å²) in [5.74, 6) is -0.247. The molecule has 1 atom stereocenters. The predicted octanol–water partition coefficient (Wildman–Crippen LogP) is 5.59. The average molecular weight is 452 g/mol. The van der Waals surface area contributed by atoms with Crippen molar-refractivity contribution in [3.63, 3.8) is 0 Å². The normalized spacial score (nSPS) is 12.8. The third-order valence-corrected chi connectivity index (χ3v) is 6.67. The van der Waals surface area contributed by atoms with Gasteiger partial charge in [-0.1, -0.05) is 62.6 Å². The highest BCUT2D eigenvalue weighted by atomic mass is 35.5. The van der Waals surface area contributed by atoms with Gasteiger partial charge in [0.25, 0.3) is 0 Å². The van der Waals surface area contributed by atoms with E-state index in [9.17, 15) is 13.2 Å². The van der Waals surface area contributed by atoms with Gasteiger partial charge in [-0.05, 0) is 60.6 Å². The maximum Gasteiger partial charge on any atom is 0.303 e. The van der Waals surface area contributed by atoms with Crippen LogP contribution in [0, 0.1) is 5.92 Å². The van der Waals surface area contributed by atoms with E-state index < -0.39 is 16.0 Å². The summed E-state index contributed by atoms with van der Waals surface area (Å²) < 4.78 is 28.6. The zero-order chi connectivity index (χ0) is 22.1. The molecular formula is C23H30ClNO4S. The number of carbonyl (C=O) groups is 1. The van der Waals surface area contributed by atoms with Crippen LogP contribution in [-0.4, -0.2) is 19.5 Å². The smallest absolute Gasteiger partial charge is 0.303 e. The minimum absolute atomic E-state index is 0.139. The SMILES string of the molecule is CC(C)CCCC(NS(=O)(=O)c1ccc(Cl)cc1)c1ccc(CCCC(=O)O)cc1. The van der Waals surface area contributed by atoms with Crippen LogP contribution in [0.4, 0.5) is 0 Å². The Morgan fingerprint density at radius 1 is 1.00 bits per heavy atom. The predicted molar refractivity (Wildman–Crippen MR) is 120 cm³/mol. The van der Waals surface area contributed by atoms with Crippen molar-refractivity contribution in [2.45, 2.75) is 63.3 Å². The van der Waals surface area contributed by atoms with Gasteiger partial charge in [0.1, 0.15) is 0 Å². The monoisotopic (exact) mass is 451 g/mol. The Hall–Kier alpha value is -1.89. The van der Waals surface area contributed by atoms with Gasteiger partial charge in [-0.2, -0.15) is 0 Å². The quantitative estimate of drug-likeness (QED) is 0.440. The Bertz CT molecular complexity index is 909. The zero-order valence-electron chi connectivity index (χ0n) is 17.5. The van der Waals surface area contributed by atoms with E-state index in [1.807, 2.05) is 24.3 Å². The minimum Gasteiger partial charge on any atom is -0.481 e. The van der Waals surface area contributed by atoms with Crippen molar-refractivity contribution in [3.05, 3.63) is 64.7 Å². The van der Waals surface area contributed by atoms with Crippen LogP contribution in [0.1, 0.15) is 63.1 Å². The van der Waals surface area contributed by atoms with Gasteiger partial charge in [0, 0.05) is 17.5 Å². The molecule has 164 valence electrons. The molecule has 1 unspecified atom stereocenters. The van der Waals surface area contributed by atoms with E-state index in [0.717, 1.165) is 24.0 Å². The van der Waals surface area contributed by atoms with Crippen molar-refractivity contribution in [1.29, 1.82) is 0 Å². The highest BCUT2D eigenvalue weighted by molar-refractivity contribution is 7.89. The lowest BCUT2D eigenvalue weighted by atomic mass is 9.97. The van der Waals surface area contributed by atoms with Crippen LogP contribution in [0.15, 0.2) is 53.4 Å². The summed E-state index contributed by atoms with van der Waals surface area (Å²) >= 11 is 5.88. The molecule has 30 heavy (non-hydrogen) atoms. The number of aliphatic carboxylic acids is 1. The van der Waals surface area contributed by atoms with Gasteiger partial charge in [0.05, 0.1) is 4.90 Å². The van der Waals surface area contributed by atoms with Gasteiger partial charge < -0.3 is 5.11 Å². The van der Waals surface area contributed by atoms with Crippen molar-refractivity contribution < 1.29 is 18.3 Å². The molecular weight excluding hydrogens is 422 g/mol. The first-order chi connectivity index (χ1) is 14.2. The van der Waals surface area contributed by atoms with Gasteiger partial charge in [-0.3, -0.25) is 4.79 Å². The van der Waals surface area contributed by atoms with Crippen LogP contribution >= 0.6 is 11.6 Å². The Kier molecular flexibility index (Phi) is 9.34.